The largest absolute Gasteiger partial charge is 0.489 e. The van der Waals surface area contributed by atoms with E-state index in [1.165, 1.54) is 5.56 Å². The summed E-state index contributed by atoms with van der Waals surface area (Å²) in [6.07, 6.45) is 2.43. The highest BCUT2D eigenvalue weighted by Crippen LogP contribution is 2.35. The molecule has 1 atom stereocenters. The molecule has 1 saturated heterocycles. The quantitative estimate of drug-likeness (QED) is 0.650. The van der Waals surface area contributed by atoms with Crippen molar-refractivity contribution in [1.82, 2.24) is 5.32 Å². The van der Waals surface area contributed by atoms with Crippen LogP contribution in [0.15, 0.2) is 21.1 Å². The number of hydrogen-bond acceptors (Lipinski definition) is 4. The summed E-state index contributed by atoms with van der Waals surface area (Å²) in [4.78, 5) is 0. The van der Waals surface area contributed by atoms with Gasteiger partial charge in [-0.25, -0.2) is 0 Å². The van der Waals surface area contributed by atoms with Crippen LogP contribution in [0, 0.1) is 0 Å². The summed E-state index contributed by atoms with van der Waals surface area (Å²) < 4.78 is 18.4. The molecule has 1 aromatic rings. The van der Waals surface area contributed by atoms with Crippen molar-refractivity contribution in [1.29, 1.82) is 0 Å². The predicted molar refractivity (Wildman–Crippen MR) is 89.9 cm³/mol. The molecule has 0 spiro atoms. The maximum Gasteiger partial charge on any atom is 0.147 e. The van der Waals surface area contributed by atoms with Gasteiger partial charge < -0.3 is 19.5 Å². The molecule has 4 nitrogen and oxygen atoms in total. The maximum atomic E-state index is 5.89. The van der Waals surface area contributed by atoms with Crippen LogP contribution in [0.5, 0.6) is 5.75 Å². The fourth-order valence-corrected chi connectivity index (χ4v) is 3.72. The third-order valence-corrected chi connectivity index (χ3v) is 4.49. The van der Waals surface area contributed by atoms with E-state index in [0.717, 1.165) is 47.2 Å². The number of hydrogen-bond donors (Lipinski definition) is 1. The Labute approximate surface area is 142 Å². The Balaban J connectivity index is 1.89. The van der Waals surface area contributed by atoms with Crippen LogP contribution in [0.3, 0.4) is 0 Å². The molecule has 1 heterocycles. The van der Waals surface area contributed by atoms with Crippen LogP contribution in [0.2, 0.25) is 0 Å². The Kier molecular flexibility index (Phi) is 7.46. The summed E-state index contributed by atoms with van der Waals surface area (Å²) in [6, 6.07) is 4.16. The Bertz CT molecular complexity index is 428. The van der Waals surface area contributed by atoms with Crippen molar-refractivity contribution in [3.05, 3.63) is 26.6 Å². The number of ether oxygens (including phenoxy) is 3. The minimum absolute atomic E-state index is 0.221. The molecule has 6 heteroatoms. The second-order valence-electron chi connectivity index (χ2n) is 5.00. The topological polar surface area (TPSA) is 39.7 Å². The van der Waals surface area contributed by atoms with Gasteiger partial charge in [0.2, 0.25) is 0 Å². The summed E-state index contributed by atoms with van der Waals surface area (Å²) in [5, 5.41) is 3.33. The van der Waals surface area contributed by atoms with Gasteiger partial charge in [0.25, 0.3) is 0 Å². The van der Waals surface area contributed by atoms with E-state index < -0.39 is 0 Å². The summed E-state index contributed by atoms with van der Waals surface area (Å²) in [6.45, 7) is 3.80. The summed E-state index contributed by atoms with van der Waals surface area (Å²) >= 11 is 7.16. The van der Waals surface area contributed by atoms with Crippen molar-refractivity contribution in [2.75, 3.05) is 33.5 Å². The molecule has 2 rings (SSSR count). The molecule has 1 aliphatic rings. The van der Waals surface area contributed by atoms with Gasteiger partial charge in [0.05, 0.1) is 21.7 Å². The lowest BCUT2D eigenvalue weighted by Crippen LogP contribution is -2.19. The first kappa shape index (κ1) is 17.2. The number of rotatable bonds is 8. The molecule has 21 heavy (non-hydrogen) atoms. The summed E-state index contributed by atoms with van der Waals surface area (Å²) in [5.74, 6) is 0.839. The highest BCUT2D eigenvalue weighted by atomic mass is 79.9. The molecular formula is C15H21Br2NO3. The average Bonchev–Trinajstić information content (AvgIpc) is 2.96. The van der Waals surface area contributed by atoms with Gasteiger partial charge in [-0.15, -0.1) is 0 Å². The fourth-order valence-electron chi connectivity index (χ4n) is 2.21. The van der Waals surface area contributed by atoms with Gasteiger partial charge in [0.15, 0.2) is 0 Å². The Morgan fingerprint density at radius 3 is 2.71 bits per heavy atom. The molecule has 1 aromatic carbocycles. The van der Waals surface area contributed by atoms with Crippen LogP contribution in [0.1, 0.15) is 18.4 Å². The van der Waals surface area contributed by atoms with E-state index in [0.29, 0.717) is 13.2 Å². The first-order valence-electron chi connectivity index (χ1n) is 7.12. The average molecular weight is 423 g/mol. The maximum absolute atomic E-state index is 5.89. The lowest BCUT2D eigenvalue weighted by Gasteiger charge is -2.15. The second kappa shape index (κ2) is 9.10. The van der Waals surface area contributed by atoms with Gasteiger partial charge in [-0.1, -0.05) is 0 Å². The molecule has 0 saturated carbocycles. The van der Waals surface area contributed by atoms with E-state index in [1.807, 2.05) is 0 Å². The molecular weight excluding hydrogens is 402 g/mol. The zero-order chi connectivity index (χ0) is 15.1. The molecule has 0 bridgehead atoms. The second-order valence-corrected chi connectivity index (χ2v) is 6.71. The van der Waals surface area contributed by atoms with Crippen LogP contribution >= 0.6 is 31.9 Å². The van der Waals surface area contributed by atoms with E-state index in [2.05, 4.69) is 49.3 Å². The van der Waals surface area contributed by atoms with Gasteiger partial charge in [-0.2, -0.15) is 0 Å². The van der Waals surface area contributed by atoms with E-state index in [4.69, 9.17) is 14.2 Å². The normalized spacial score (nSPS) is 18.1. The Morgan fingerprint density at radius 1 is 1.33 bits per heavy atom. The highest BCUT2D eigenvalue weighted by molar-refractivity contribution is 9.11. The molecule has 1 aliphatic heterocycles. The molecule has 0 amide bonds. The lowest BCUT2D eigenvalue weighted by atomic mass is 10.2. The summed E-state index contributed by atoms with van der Waals surface area (Å²) in [5.41, 5.74) is 1.19. The van der Waals surface area contributed by atoms with Gasteiger partial charge in [-0.3, -0.25) is 0 Å². The lowest BCUT2D eigenvalue weighted by molar-refractivity contribution is 0.0674. The number of methoxy groups -OCH3 is 1. The SMILES string of the molecule is COCCNCc1cc(Br)c(OCC2CCCO2)c(Br)c1. The number of halogens is 2. The van der Waals surface area contributed by atoms with Crippen LogP contribution in [-0.2, 0) is 16.0 Å². The first-order valence-corrected chi connectivity index (χ1v) is 8.71. The van der Waals surface area contributed by atoms with Crippen molar-refractivity contribution in [2.45, 2.75) is 25.5 Å². The monoisotopic (exact) mass is 421 g/mol. The molecule has 118 valence electrons. The minimum Gasteiger partial charge on any atom is -0.489 e. The van der Waals surface area contributed by atoms with Crippen LogP contribution in [0.25, 0.3) is 0 Å². The van der Waals surface area contributed by atoms with Crippen molar-refractivity contribution in [2.24, 2.45) is 0 Å². The van der Waals surface area contributed by atoms with E-state index in [1.54, 1.807) is 7.11 Å². The molecule has 0 radical (unpaired) electrons. The van der Waals surface area contributed by atoms with Gasteiger partial charge >= 0.3 is 0 Å². The Morgan fingerprint density at radius 2 is 2.10 bits per heavy atom. The van der Waals surface area contributed by atoms with Crippen molar-refractivity contribution >= 4 is 31.9 Å². The zero-order valence-corrected chi connectivity index (χ0v) is 15.3. The molecule has 1 fully saturated rings. The van der Waals surface area contributed by atoms with Gasteiger partial charge in [0, 0.05) is 26.8 Å². The number of nitrogens with one attached hydrogen (secondary N) is 1. The van der Waals surface area contributed by atoms with Crippen LogP contribution < -0.4 is 10.1 Å². The van der Waals surface area contributed by atoms with E-state index >= 15 is 0 Å². The zero-order valence-electron chi connectivity index (χ0n) is 12.2. The Hall–Kier alpha value is -0.140. The fraction of sp³-hybridized carbons (Fsp3) is 0.600. The van der Waals surface area contributed by atoms with Crippen molar-refractivity contribution in [3.8, 4) is 5.75 Å². The van der Waals surface area contributed by atoms with Gasteiger partial charge in [0.1, 0.15) is 12.4 Å². The highest BCUT2D eigenvalue weighted by Gasteiger charge is 2.17. The molecule has 0 aromatic heterocycles. The number of benzene rings is 1. The smallest absolute Gasteiger partial charge is 0.147 e. The van der Waals surface area contributed by atoms with E-state index in [-0.39, 0.29) is 6.10 Å². The molecule has 1 N–H and O–H groups in total. The standard InChI is InChI=1S/C15H21Br2NO3/c1-19-6-4-18-9-11-7-13(16)15(14(17)8-11)21-10-12-3-2-5-20-12/h7-8,12,18H,2-6,9-10H2,1H3. The van der Waals surface area contributed by atoms with Crippen molar-refractivity contribution < 1.29 is 14.2 Å². The van der Waals surface area contributed by atoms with Crippen LogP contribution in [0.4, 0.5) is 0 Å². The van der Waals surface area contributed by atoms with Crippen LogP contribution in [-0.4, -0.2) is 39.6 Å². The molecule has 1 unspecified atom stereocenters. The third-order valence-electron chi connectivity index (χ3n) is 3.31. The minimum atomic E-state index is 0.221. The van der Waals surface area contributed by atoms with Crippen molar-refractivity contribution in [3.63, 3.8) is 0 Å². The third kappa shape index (κ3) is 5.53. The van der Waals surface area contributed by atoms with Gasteiger partial charge in [-0.05, 0) is 62.4 Å². The first-order chi connectivity index (χ1) is 10.2. The summed E-state index contributed by atoms with van der Waals surface area (Å²) in [7, 11) is 1.70. The van der Waals surface area contributed by atoms with E-state index in [9.17, 15) is 0 Å². The predicted octanol–water partition coefficient (Wildman–Crippen LogP) is 3.51. The molecule has 0 aliphatic carbocycles.